The topological polar surface area (TPSA) is 88.6 Å². The minimum Gasteiger partial charge on any atom is -0.300 e. The van der Waals surface area contributed by atoms with Gasteiger partial charge in [-0.2, -0.15) is 15.2 Å². The zero-order valence-electron chi connectivity index (χ0n) is 42.9. The minimum absolute atomic E-state index is 0.211. The number of unbranched alkanes of at least 4 members (excludes halogenated alkanes) is 6. The molecule has 0 aromatic rings. The van der Waals surface area contributed by atoms with Gasteiger partial charge in [-0.1, -0.05) is 98.8 Å². The van der Waals surface area contributed by atoms with E-state index in [-0.39, 0.29) is 51.5 Å². The molecular formula is C51H99N3O6. The van der Waals surface area contributed by atoms with Gasteiger partial charge >= 0.3 is 0 Å². The highest BCUT2D eigenvalue weighted by Crippen LogP contribution is 2.40. The summed E-state index contributed by atoms with van der Waals surface area (Å²) in [6.45, 7) is 38.6. The smallest absolute Gasteiger partial charge is 0.136 e. The van der Waals surface area contributed by atoms with Crippen LogP contribution in [0, 0.1) is 0 Å². The molecule has 0 saturated carbocycles. The first-order valence-corrected chi connectivity index (χ1v) is 24.6. The van der Waals surface area contributed by atoms with Crippen molar-refractivity contribution >= 4 is 17.3 Å². The highest BCUT2D eigenvalue weighted by atomic mass is 16.7. The van der Waals surface area contributed by atoms with Gasteiger partial charge in [-0.3, -0.25) is 28.9 Å². The SMILES string of the molecule is CCCCC(CCC)ON1C(C)(C)CC(=O)CC1(C)C.CCCCCC(CC)ON1C(C)(C)CC(=O)CC1(C)C.CCCCCCC(C)ON1C(C)(C)CC(=O)CC1(C)C. The van der Waals surface area contributed by atoms with Gasteiger partial charge in [-0.25, -0.2) is 0 Å². The van der Waals surface area contributed by atoms with Gasteiger partial charge in [0.2, 0.25) is 0 Å². The summed E-state index contributed by atoms with van der Waals surface area (Å²) >= 11 is 0. The van der Waals surface area contributed by atoms with E-state index in [4.69, 9.17) is 14.5 Å². The lowest BCUT2D eigenvalue weighted by Gasteiger charge is -2.51. The molecule has 60 heavy (non-hydrogen) atoms. The van der Waals surface area contributed by atoms with E-state index < -0.39 is 0 Å². The van der Waals surface area contributed by atoms with Gasteiger partial charge in [0.05, 0.1) is 18.3 Å². The van der Waals surface area contributed by atoms with Gasteiger partial charge in [0.25, 0.3) is 0 Å². The number of carbonyl (C=O) groups excluding carboxylic acids is 3. The van der Waals surface area contributed by atoms with Gasteiger partial charge in [0.1, 0.15) is 17.3 Å². The maximum atomic E-state index is 11.9. The summed E-state index contributed by atoms with van der Waals surface area (Å²) < 4.78 is 0. The Hall–Kier alpha value is -1.23. The van der Waals surface area contributed by atoms with Crippen molar-refractivity contribution < 1.29 is 28.9 Å². The molecule has 3 aliphatic rings. The average molecular weight is 850 g/mol. The van der Waals surface area contributed by atoms with Crippen LogP contribution >= 0.6 is 0 Å². The zero-order chi connectivity index (χ0) is 46.2. The molecule has 3 unspecified atom stereocenters. The number of hydrogen-bond acceptors (Lipinski definition) is 9. The maximum Gasteiger partial charge on any atom is 0.136 e. The fraction of sp³-hybridized carbons (Fsp3) is 0.941. The Bertz CT molecular complexity index is 1210. The first-order chi connectivity index (χ1) is 27.6. The molecule has 3 fully saturated rings. The maximum absolute atomic E-state index is 11.9. The van der Waals surface area contributed by atoms with Gasteiger partial charge in [-0.05, 0) is 122 Å². The van der Waals surface area contributed by atoms with Crippen LogP contribution in [0.2, 0.25) is 0 Å². The molecule has 0 spiro atoms. The monoisotopic (exact) mass is 850 g/mol. The van der Waals surface area contributed by atoms with Crippen molar-refractivity contribution in [3.05, 3.63) is 0 Å². The molecule has 0 amide bonds. The van der Waals surface area contributed by atoms with Crippen molar-refractivity contribution in [1.82, 2.24) is 15.2 Å². The van der Waals surface area contributed by atoms with E-state index >= 15 is 0 Å². The molecule has 0 bridgehead atoms. The molecule has 9 nitrogen and oxygen atoms in total. The second-order valence-corrected chi connectivity index (χ2v) is 22.5. The van der Waals surface area contributed by atoms with Crippen LogP contribution < -0.4 is 0 Å². The van der Waals surface area contributed by atoms with E-state index in [1.54, 1.807) is 0 Å². The Balaban J connectivity index is 0.000000450. The molecule has 0 aromatic heterocycles. The van der Waals surface area contributed by atoms with Crippen LogP contribution in [0.25, 0.3) is 0 Å². The fourth-order valence-corrected chi connectivity index (χ4v) is 10.2. The van der Waals surface area contributed by atoms with Crippen LogP contribution in [0.5, 0.6) is 0 Å². The predicted octanol–water partition coefficient (Wildman–Crippen LogP) is 13.5. The number of hydrogen-bond donors (Lipinski definition) is 0. The molecule has 3 heterocycles. The summed E-state index contributed by atoms with van der Waals surface area (Å²) in [7, 11) is 0. The molecular weight excluding hydrogens is 751 g/mol. The number of hydroxylamine groups is 6. The number of rotatable bonds is 21. The van der Waals surface area contributed by atoms with E-state index in [2.05, 4.69) is 140 Å². The van der Waals surface area contributed by atoms with Gasteiger partial charge in [-0.15, -0.1) is 0 Å². The highest BCUT2D eigenvalue weighted by Gasteiger charge is 2.49. The molecule has 3 aliphatic heterocycles. The van der Waals surface area contributed by atoms with Crippen molar-refractivity contribution in [2.45, 2.75) is 311 Å². The van der Waals surface area contributed by atoms with E-state index in [9.17, 15) is 14.4 Å². The second kappa shape index (κ2) is 25.3. The molecule has 9 heteroatoms. The Morgan fingerprint density at radius 3 is 1.07 bits per heavy atom. The Labute approximate surface area is 371 Å². The van der Waals surface area contributed by atoms with Crippen LogP contribution in [0.3, 0.4) is 0 Å². The van der Waals surface area contributed by atoms with Crippen molar-refractivity contribution in [3.63, 3.8) is 0 Å². The number of nitrogens with zero attached hydrogens (tertiary/aromatic N) is 3. The minimum atomic E-state index is -0.212. The summed E-state index contributed by atoms with van der Waals surface area (Å²) in [5.74, 6) is 1.04. The number of ketones is 3. The summed E-state index contributed by atoms with van der Waals surface area (Å²) in [4.78, 5) is 54.7. The number of carbonyl (C=O) groups is 3. The molecule has 3 saturated heterocycles. The highest BCUT2D eigenvalue weighted by molar-refractivity contribution is 5.82. The van der Waals surface area contributed by atoms with Crippen LogP contribution in [0.4, 0.5) is 0 Å². The summed E-state index contributed by atoms with van der Waals surface area (Å²) in [5.41, 5.74) is -1.27. The van der Waals surface area contributed by atoms with Crippen molar-refractivity contribution in [1.29, 1.82) is 0 Å². The lowest BCUT2D eigenvalue weighted by molar-refractivity contribution is -0.300. The lowest BCUT2D eigenvalue weighted by atomic mass is 9.81. The molecule has 0 aromatic carbocycles. The predicted molar refractivity (Wildman–Crippen MR) is 251 cm³/mol. The second-order valence-electron chi connectivity index (χ2n) is 22.5. The first kappa shape index (κ1) is 56.8. The van der Waals surface area contributed by atoms with E-state index in [0.717, 1.165) is 38.5 Å². The molecule has 354 valence electrons. The molecule has 0 N–H and O–H groups in total. The average Bonchev–Trinajstić information content (AvgIpc) is 3.08. The summed E-state index contributed by atoms with van der Waals surface area (Å²) in [5, 5.41) is 6.32. The number of piperidine rings is 3. The standard InChI is InChI=1S/3C17H33NO2/c1-7-8-9-10-11-14(2)20-18-16(3,4)12-15(19)13-17(18,5)6;1-7-9-10-11-15(8-2)20-18-16(3,4)12-14(19)13-17(18,5)6;1-7-9-11-15(10-8-2)20-18-16(3,4)12-14(19)13-17(18,5)6/h14H,7-13H2,1-6H3;2*15H,7-13H2,1-6H3. The molecule has 3 rings (SSSR count). The fourth-order valence-electron chi connectivity index (χ4n) is 10.2. The van der Waals surface area contributed by atoms with Gasteiger partial charge < -0.3 is 0 Å². The van der Waals surface area contributed by atoms with Crippen LogP contribution in [-0.4, -0.2) is 84.1 Å². The molecule has 0 radical (unpaired) electrons. The van der Waals surface area contributed by atoms with Crippen LogP contribution in [0.1, 0.15) is 259 Å². The normalized spacial score (nSPS) is 23.8. The van der Waals surface area contributed by atoms with E-state index in [1.807, 2.05) is 0 Å². The van der Waals surface area contributed by atoms with Crippen LogP contribution in [0.15, 0.2) is 0 Å². The van der Waals surface area contributed by atoms with Gasteiger partial charge in [0, 0.05) is 71.8 Å². The largest absolute Gasteiger partial charge is 0.300 e. The molecule has 0 aliphatic carbocycles. The third-order valence-electron chi connectivity index (χ3n) is 12.4. The zero-order valence-corrected chi connectivity index (χ0v) is 42.9. The third kappa shape index (κ3) is 18.9. The first-order valence-electron chi connectivity index (χ1n) is 24.6. The summed E-state index contributed by atoms with van der Waals surface area (Å²) in [6.07, 6.45) is 22.1. The van der Waals surface area contributed by atoms with Crippen molar-refractivity contribution in [2.75, 3.05) is 0 Å². The van der Waals surface area contributed by atoms with Crippen molar-refractivity contribution in [2.24, 2.45) is 0 Å². The Morgan fingerprint density at radius 1 is 0.400 bits per heavy atom. The van der Waals surface area contributed by atoms with E-state index in [1.165, 1.54) is 57.8 Å². The van der Waals surface area contributed by atoms with Crippen molar-refractivity contribution in [3.8, 4) is 0 Å². The quantitative estimate of drug-likeness (QED) is 0.105. The van der Waals surface area contributed by atoms with Gasteiger partial charge in [0.15, 0.2) is 0 Å². The van der Waals surface area contributed by atoms with Crippen LogP contribution in [-0.2, 0) is 28.9 Å². The Kier molecular flexibility index (Phi) is 24.0. The Morgan fingerprint density at radius 2 is 0.717 bits per heavy atom. The third-order valence-corrected chi connectivity index (χ3v) is 12.4. The van der Waals surface area contributed by atoms with E-state index in [0.29, 0.717) is 55.9 Å². The summed E-state index contributed by atoms with van der Waals surface area (Å²) in [6, 6.07) is 0. The molecule has 3 atom stereocenters. The number of Topliss-reactive ketones (excluding diaryl/α,β-unsaturated/α-hetero) is 3. The lowest BCUT2D eigenvalue weighted by Crippen LogP contribution is -2.61.